The maximum absolute atomic E-state index is 13.7. The van der Waals surface area contributed by atoms with Crippen LogP contribution in [-0.4, -0.2) is 23.4 Å². The molecule has 7 heteroatoms. The lowest BCUT2D eigenvalue weighted by Crippen LogP contribution is -2.29. The van der Waals surface area contributed by atoms with Crippen LogP contribution in [0.15, 0.2) is 72.3 Å². The van der Waals surface area contributed by atoms with Gasteiger partial charge in [-0.25, -0.2) is 8.78 Å². The molecule has 1 amide bonds. The summed E-state index contributed by atoms with van der Waals surface area (Å²) in [6, 6.07) is 14.5. The van der Waals surface area contributed by atoms with Crippen LogP contribution in [0.1, 0.15) is 50.4 Å². The van der Waals surface area contributed by atoms with Gasteiger partial charge in [-0.1, -0.05) is 32.9 Å². The highest BCUT2D eigenvalue weighted by Crippen LogP contribution is 2.43. The Morgan fingerprint density at radius 3 is 2.08 bits per heavy atom. The van der Waals surface area contributed by atoms with Gasteiger partial charge in [-0.3, -0.25) is 14.5 Å². The van der Waals surface area contributed by atoms with Crippen LogP contribution in [-0.2, 0) is 15.0 Å². The molecule has 0 aliphatic carbocycles. The fourth-order valence-electron chi connectivity index (χ4n) is 4.36. The zero-order valence-electron chi connectivity index (χ0n) is 20.5. The predicted octanol–water partition coefficient (Wildman–Crippen LogP) is 6.29. The second kappa shape index (κ2) is 9.57. The first-order valence-corrected chi connectivity index (χ1v) is 11.6. The Kier molecular flexibility index (Phi) is 6.67. The third-order valence-corrected chi connectivity index (χ3v) is 6.10. The maximum atomic E-state index is 13.7. The lowest BCUT2D eigenvalue weighted by molar-refractivity contribution is -0.132. The molecule has 1 saturated heterocycles. The fraction of sp³-hybridized carbons (Fsp3) is 0.241. The lowest BCUT2D eigenvalue weighted by Gasteiger charge is -2.26. The Hall–Kier alpha value is -4.00. The Labute approximate surface area is 208 Å². The van der Waals surface area contributed by atoms with Gasteiger partial charge in [-0.2, -0.15) is 0 Å². The van der Waals surface area contributed by atoms with Crippen LogP contribution in [0.4, 0.5) is 14.5 Å². The Balaban J connectivity index is 1.94. The monoisotopic (exact) mass is 491 g/mol. The van der Waals surface area contributed by atoms with E-state index >= 15 is 0 Å². The number of amides is 1. The molecule has 0 bridgehead atoms. The van der Waals surface area contributed by atoms with E-state index in [4.69, 9.17) is 4.74 Å². The highest BCUT2D eigenvalue weighted by molar-refractivity contribution is 6.51. The number of carbonyl (C=O) groups excluding carboxylic acids is 2. The minimum atomic E-state index is -1.04. The van der Waals surface area contributed by atoms with Crippen molar-refractivity contribution in [3.63, 3.8) is 0 Å². The molecular formula is C29H27F2NO4. The smallest absolute Gasteiger partial charge is 0.300 e. The van der Waals surface area contributed by atoms with Gasteiger partial charge in [0, 0.05) is 16.8 Å². The molecule has 1 fully saturated rings. The van der Waals surface area contributed by atoms with Crippen LogP contribution in [0.3, 0.4) is 0 Å². The zero-order chi connectivity index (χ0) is 26.2. The zero-order valence-corrected chi connectivity index (χ0v) is 20.5. The van der Waals surface area contributed by atoms with Gasteiger partial charge < -0.3 is 9.84 Å². The van der Waals surface area contributed by atoms with Gasteiger partial charge in [0.1, 0.15) is 23.1 Å². The van der Waals surface area contributed by atoms with Gasteiger partial charge in [0.2, 0.25) is 0 Å². The van der Waals surface area contributed by atoms with Crippen LogP contribution < -0.4 is 9.64 Å². The number of anilines is 1. The van der Waals surface area contributed by atoms with Gasteiger partial charge in [0.15, 0.2) is 0 Å². The van der Waals surface area contributed by atoms with Crippen molar-refractivity contribution in [1.29, 1.82) is 0 Å². The molecule has 186 valence electrons. The van der Waals surface area contributed by atoms with E-state index in [0.717, 1.165) is 5.56 Å². The molecule has 1 N–H and O–H groups in total. The number of hydrogen-bond donors (Lipinski definition) is 1. The number of hydrogen-bond acceptors (Lipinski definition) is 4. The van der Waals surface area contributed by atoms with Gasteiger partial charge >= 0.3 is 0 Å². The third kappa shape index (κ3) is 4.61. The van der Waals surface area contributed by atoms with Crippen molar-refractivity contribution in [2.75, 3.05) is 11.5 Å². The normalized spacial score (nSPS) is 17.5. The molecule has 3 aromatic carbocycles. The summed E-state index contributed by atoms with van der Waals surface area (Å²) in [6.45, 7) is 8.34. The van der Waals surface area contributed by atoms with Crippen molar-refractivity contribution in [2.45, 2.75) is 39.2 Å². The minimum absolute atomic E-state index is 0.139. The van der Waals surface area contributed by atoms with Crippen LogP contribution in [0.2, 0.25) is 0 Å². The average molecular weight is 492 g/mol. The molecule has 0 aromatic heterocycles. The van der Waals surface area contributed by atoms with Crippen LogP contribution in [0.25, 0.3) is 5.76 Å². The van der Waals surface area contributed by atoms with Crippen molar-refractivity contribution in [2.24, 2.45) is 0 Å². The van der Waals surface area contributed by atoms with E-state index in [0.29, 0.717) is 23.5 Å². The highest BCUT2D eigenvalue weighted by atomic mass is 19.1. The van der Waals surface area contributed by atoms with E-state index in [1.165, 1.54) is 53.4 Å². The number of rotatable bonds is 5. The number of halogens is 2. The number of carbonyl (C=O) groups is 2. The summed E-state index contributed by atoms with van der Waals surface area (Å²) >= 11 is 0. The Bertz CT molecular complexity index is 1340. The SMILES string of the molecule is CCOc1ccc(/C(O)=C2/C(=O)C(=O)N(c3ccc(F)cc3)C2c2ccc(F)cc2)cc1C(C)(C)C. The second-order valence-electron chi connectivity index (χ2n) is 9.59. The summed E-state index contributed by atoms with van der Waals surface area (Å²) in [5, 5.41) is 11.4. The lowest BCUT2D eigenvalue weighted by atomic mass is 9.84. The van der Waals surface area contributed by atoms with E-state index in [1.54, 1.807) is 18.2 Å². The molecule has 0 spiro atoms. The molecule has 5 nitrogen and oxygen atoms in total. The third-order valence-electron chi connectivity index (χ3n) is 6.10. The molecule has 1 atom stereocenters. The van der Waals surface area contributed by atoms with Gasteiger partial charge in [0.25, 0.3) is 11.7 Å². The van der Waals surface area contributed by atoms with Crippen LogP contribution in [0, 0.1) is 11.6 Å². The van der Waals surface area contributed by atoms with Crippen molar-refractivity contribution in [3.05, 3.63) is 101 Å². The number of ketones is 1. The van der Waals surface area contributed by atoms with E-state index in [9.17, 15) is 23.5 Å². The molecule has 1 unspecified atom stereocenters. The first-order chi connectivity index (χ1) is 17.0. The molecule has 1 aliphatic heterocycles. The van der Waals surface area contributed by atoms with E-state index in [2.05, 4.69) is 0 Å². The standard InChI is InChI=1S/C29H27F2NO4/c1-5-36-23-15-8-18(16-22(23)29(2,3)4)26(33)24-25(17-6-9-19(30)10-7-17)32(28(35)27(24)34)21-13-11-20(31)12-14-21/h6-16,25,33H,5H2,1-4H3/b26-24-. The topological polar surface area (TPSA) is 66.8 Å². The largest absolute Gasteiger partial charge is 0.507 e. The Morgan fingerprint density at radius 2 is 1.53 bits per heavy atom. The molecule has 36 heavy (non-hydrogen) atoms. The molecule has 0 radical (unpaired) electrons. The number of Topliss-reactive ketones (excluding diaryl/α,β-unsaturated/α-hetero) is 1. The molecule has 3 aromatic rings. The molecule has 1 aliphatic rings. The number of benzene rings is 3. The number of aliphatic hydroxyl groups excluding tert-OH is 1. The number of nitrogens with zero attached hydrogens (tertiary/aromatic N) is 1. The summed E-state index contributed by atoms with van der Waals surface area (Å²) in [7, 11) is 0. The number of ether oxygens (including phenoxy) is 1. The number of aliphatic hydroxyl groups is 1. The van der Waals surface area contributed by atoms with Crippen molar-refractivity contribution in [1.82, 2.24) is 0 Å². The maximum Gasteiger partial charge on any atom is 0.300 e. The van der Waals surface area contributed by atoms with Crippen LogP contribution in [0.5, 0.6) is 5.75 Å². The predicted molar refractivity (Wildman–Crippen MR) is 134 cm³/mol. The average Bonchev–Trinajstić information content (AvgIpc) is 3.10. The summed E-state index contributed by atoms with van der Waals surface area (Å²) in [5.41, 5.74) is 1.38. The van der Waals surface area contributed by atoms with Crippen LogP contribution >= 0.6 is 0 Å². The van der Waals surface area contributed by atoms with Crippen molar-refractivity contribution in [3.8, 4) is 5.75 Å². The quantitative estimate of drug-likeness (QED) is 0.259. The van der Waals surface area contributed by atoms with Crippen molar-refractivity contribution >= 4 is 23.1 Å². The molecule has 1 heterocycles. The summed E-state index contributed by atoms with van der Waals surface area (Å²) in [4.78, 5) is 27.7. The fourth-order valence-corrected chi connectivity index (χ4v) is 4.36. The van der Waals surface area contributed by atoms with Crippen molar-refractivity contribution < 1.29 is 28.2 Å². The Morgan fingerprint density at radius 1 is 0.944 bits per heavy atom. The second-order valence-corrected chi connectivity index (χ2v) is 9.59. The molecular weight excluding hydrogens is 464 g/mol. The first-order valence-electron chi connectivity index (χ1n) is 11.6. The van der Waals surface area contributed by atoms with Gasteiger partial charge in [-0.15, -0.1) is 0 Å². The first kappa shape index (κ1) is 25.1. The van der Waals surface area contributed by atoms with Gasteiger partial charge in [0.05, 0.1) is 18.2 Å². The summed E-state index contributed by atoms with van der Waals surface area (Å²) < 4.78 is 33.0. The van der Waals surface area contributed by atoms with E-state index < -0.39 is 29.4 Å². The van der Waals surface area contributed by atoms with E-state index in [-0.39, 0.29) is 22.4 Å². The molecule has 0 saturated carbocycles. The highest BCUT2D eigenvalue weighted by Gasteiger charge is 2.47. The van der Waals surface area contributed by atoms with E-state index in [1.807, 2.05) is 27.7 Å². The summed E-state index contributed by atoms with van der Waals surface area (Å²) in [5.74, 6) is -2.46. The summed E-state index contributed by atoms with van der Waals surface area (Å²) in [6.07, 6.45) is 0. The minimum Gasteiger partial charge on any atom is -0.507 e. The molecule has 4 rings (SSSR count). The van der Waals surface area contributed by atoms with Gasteiger partial charge in [-0.05, 0) is 72.5 Å².